The van der Waals surface area contributed by atoms with Gasteiger partial charge in [0.25, 0.3) is 0 Å². The van der Waals surface area contributed by atoms with Crippen LogP contribution in [0.1, 0.15) is 34.6 Å². The van der Waals surface area contributed by atoms with Crippen molar-refractivity contribution in [1.82, 2.24) is 9.80 Å². The van der Waals surface area contributed by atoms with E-state index >= 15 is 0 Å². The molecule has 0 aromatic carbocycles. The fraction of sp³-hybridized carbons (Fsp3) is 0.923. The average molecular weight is 300 g/mol. The molecule has 0 saturated carbocycles. The minimum atomic E-state index is -4.22. The van der Waals surface area contributed by atoms with Crippen molar-refractivity contribution in [2.75, 3.05) is 33.7 Å². The van der Waals surface area contributed by atoms with Gasteiger partial charge in [-0.05, 0) is 27.8 Å². The molecular weight excluding hydrogens is 273 g/mol. The van der Waals surface area contributed by atoms with Gasteiger partial charge in [0.05, 0.1) is 6.54 Å². The first-order valence-electron chi connectivity index (χ1n) is 6.60. The highest BCUT2D eigenvalue weighted by Gasteiger charge is 2.29. The van der Waals surface area contributed by atoms with Crippen molar-refractivity contribution in [3.63, 3.8) is 0 Å². The molecule has 7 heteroatoms. The van der Waals surface area contributed by atoms with Gasteiger partial charge in [0, 0.05) is 20.1 Å². The van der Waals surface area contributed by atoms with E-state index in [-0.39, 0.29) is 13.1 Å². The summed E-state index contributed by atoms with van der Waals surface area (Å²) in [4.78, 5) is 13.9. The second-order valence-corrected chi connectivity index (χ2v) is 5.25. The minimum Gasteiger partial charge on any atom is -0.444 e. The third-order valence-electron chi connectivity index (χ3n) is 1.97. The summed E-state index contributed by atoms with van der Waals surface area (Å²) in [7, 11) is 2.85. The van der Waals surface area contributed by atoms with Crippen molar-refractivity contribution in [1.29, 1.82) is 0 Å². The third-order valence-corrected chi connectivity index (χ3v) is 1.97. The second kappa shape index (κ2) is 9.05. The van der Waals surface area contributed by atoms with Gasteiger partial charge in [0.1, 0.15) is 5.60 Å². The van der Waals surface area contributed by atoms with Crippen LogP contribution < -0.4 is 0 Å². The van der Waals surface area contributed by atoms with Crippen LogP contribution in [0.5, 0.6) is 0 Å². The predicted octanol–water partition coefficient (Wildman–Crippen LogP) is 3.37. The molecule has 0 rings (SSSR count). The molecule has 20 heavy (non-hydrogen) atoms. The lowest BCUT2D eigenvalue weighted by atomic mass is 10.2. The Balaban J connectivity index is 0. The number of rotatable bonds is 4. The Morgan fingerprint density at radius 2 is 1.50 bits per heavy atom. The molecule has 0 aromatic heterocycles. The average Bonchev–Trinajstić information content (AvgIpc) is 2.24. The molecule has 0 atom stereocenters. The highest BCUT2D eigenvalue weighted by Crippen LogP contribution is 2.15. The third kappa shape index (κ3) is 13.5. The van der Waals surface area contributed by atoms with Crippen LogP contribution in [0, 0.1) is 0 Å². The van der Waals surface area contributed by atoms with Gasteiger partial charge >= 0.3 is 12.3 Å². The molecule has 0 unspecified atom stereocenters. The lowest BCUT2D eigenvalue weighted by Gasteiger charge is -2.26. The molecule has 0 heterocycles. The fourth-order valence-electron chi connectivity index (χ4n) is 1.14. The van der Waals surface area contributed by atoms with Crippen molar-refractivity contribution in [2.45, 2.75) is 46.4 Å². The zero-order chi connectivity index (χ0) is 16.6. The van der Waals surface area contributed by atoms with Gasteiger partial charge in [-0.3, -0.25) is 4.90 Å². The van der Waals surface area contributed by atoms with Crippen molar-refractivity contribution < 1.29 is 22.7 Å². The number of halogens is 3. The maximum Gasteiger partial charge on any atom is 0.410 e. The maximum atomic E-state index is 12.1. The van der Waals surface area contributed by atoms with Crippen LogP contribution in [-0.4, -0.2) is 61.4 Å². The Morgan fingerprint density at radius 3 is 1.85 bits per heavy atom. The van der Waals surface area contributed by atoms with Crippen LogP contribution >= 0.6 is 0 Å². The first-order valence-corrected chi connectivity index (χ1v) is 6.60. The van der Waals surface area contributed by atoms with Crippen LogP contribution in [0.4, 0.5) is 18.0 Å². The zero-order valence-corrected chi connectivity index (χ0v) is 13.5. The Hall–Kier alpha value is -0.980. The van der Waals surface area contributed by atoms with Gasteiger partial charge in [-0.2, -0.15) is 13.2 Å². The fourth-order valence-corrected chi connectivity index (χ4v) is 1.14. The highest BCUT2D eigenvalue weighted by molar-refractivity contribution is 5.67. The maximum absolute atomic E-state index is 12.1. The van der Waals surface area contributed by atoms with Crippen molar-refractivity contribution in [3.05, 3.63) is 0 Å². The molecular formula is C13H27F3N2O2. The summed E-state index contributed by atoms with van der Waals surface area (Å²) >= 11 is 0. The van der Waals surface area contributed by atoms with Crippen LogP contribution in [0.3, 0.4) is 0 Å². The SMILES string of the molecule is CC.CN(CCN(C)C(=O)OC(C)(C)C)CC(F)(F)F. The smallest absolute Gasteiger partial charge is 0.410 e. The van der Waals surface area contributed by atoms with Gasteiger partial charge in [0.15, 0.2) is 0 Å². The van der Waals surface area contributed by atoms with Gasteiger partial charge in [0.2, 0.25) is 0 Å². The zero-order valence-electron chi connectivity index (χ0n) is 13.5. The number of alkyl halides is 3. The van der Waals surface area contributed by atoms with E-state index in [1.807, 2.05) is 13.8 Å². The number of nitrogens with zero attached hydrogens (tertiary/aromatic N) is 2. The molecule has 1 amide bonds. The largest absolute Gasteiger partial charge is 0.444 e. The molecule has 0 spiro atoms. The Labute approximate surface area is 119 Å². The van der Waals surface area contributed by atoms with Crippen LogP contribution in [0.25, 0.3) is 0 Å². The van der Waals surface area contributed by atoms with E-state index in [1.54, 1.807) is 20.8 Å². The Bertz CT molecular complexity index is 276. The number of carbonyl (C=O) groups excluding carboxylic acids is 1. The first-order chi connectivity index (χ1) is 8.91. The van der Waals surface area contributed by atoms with Gasteiger partial charge in [-0.1, -0.05) is 13.8 Å². The number of carbonyl (C=O) groups is 1. The number of amides is 1. The van der Waals surface area contributed by atoms with E-state index in [4.69, 9.17) is 4.74 Å². The molecule has 0 aliphatic heterocycles. The predicted molar refractivity (Wildman–Crippen MR) is 73.8 cm³/mol. The molecule has 0 N–H and O–H groups in total. The first kappa shape index (κ1) is 21.3. The summed E-state index contributed by atoms with van der Waals surface area (Å²) in [5, 5.41) is 0. The molecule has 0 bridgehead atoms. The molecule has 0 aliphatic rings. The van der Waals surface area contributed by atoms with Crippen molar-refractivity contribution >= 4 is 6.09 Å². The summed E-state index contributed by atoms with van der Waals surface area (Å²) in [6, 6.07) is 0. The van der Waals surface area contributed by atoms with Gasteiger partial charge < -0.3 is 9.64 Å². The summed E-state index contributed by atoms with van der Waals surface area (Å²) in [6.45, 7) is 8.52. The summed E-state index contributed by atoms with van der Waals surface area (Å²) in [5.41, 5.74) is -0.608. The quantitative estimate of drug-likeness (QED) is 0.798. The molecule has 4 nitrogen and oxygen atoms in total. The molecule has 0 saturated heterocycles. The molecule has 0 radical (unpaired) electrons. The topological polar surface area (TPSA) is 32.8 Å². The number of hydrogen-bond acceptors (Lipinski definition) is 3. The molecule has 0 fully saturated rings. The van der Waals surface area contributed by atoms with E-state index in [0.29, 0.717) is 0 Å². The van der Waals surface area contributed by atoms with E-state index < -0.39 is 24.4 Å². The Kier molecular flexibility index (Phi) is 9.64. The Morgan fingerprint density at radius 1 is 1.05 bits per heavy atom. The standard InChI is InChI=1S/C11H21F3N2O2.C2H6/c1-10(2,3)18-9(17)16(5)7-6-15(4)8-11(12,13)14;1-2/h6-8H2,1-5H3;1-2H3. The van der Waals surface area contributed by atoms with Gasteiger partial charge in [-0.15, -0.1) is 0 Å². The molecule has 0 aromatic rings. The van der Waals surface area contributed by atoms with E-state index in [2.05, 4.69) is 0 Å². The second-order valence-electron chi connectivity index (χ2n) is 5.25. The summed E-state index contributed by atoms with van der Waals surface area (Å²) < 4.78 is 41.3. The van der Waals surface area contributed by atoms with Crippen LogP contribution in [0.2, 0.25) is 0 Å². The highest BCUT2D eigenvalue weighted by atomic mass is 19.4. The summed E-state index contributed by atoms with van der Waals surface area (Å²) in [5.74, 6) is 0. The number of ether oxygens (including phenoxy) is 1. The lowest BCUT2D eigenvalue weighted by Crippen LogP contribution is -2.40. The van der Waals surface area contributed by atoms with E-state index in [1.165, 1.54) is 19.0 Å². The van der Waals surface area contributed by atoms with Crippen molar-refractivity contribution in [3.8, 4) is 0 Å². The monoisotopic (exact) mass is 300 g/mol. The van der Waals surface area contributed by atoms with Crippen LogP contribution in [0.15, 0.2) is 0 Å². The lowest BCUT2D eigenvalue weighted by molar-refractivity contribution is -0.143. The summed E-state index contributed by atoms with van der Waals surface area (Å²) in [6.07, 6.45) is -4.76. The minimum absolute atomic E-state index is 0.134. The van der Waals surface area contributed by atoms with Crippen molar-refractivity contribution in [2.24, 2.45) is 0 Å². The normalized spacial score (nSPS) is 11.8. The van der Waals surface area contributed by atoms with Gasteiger partial charge in [-0.25, -0.2) is 4.79 Å². The number of likely N-dealkylation sites (N-methyl/N-ethyl adjacent to an activating group) is 2. The number of hydrogen-bond donors (Lipinski definition) is 0. The van der Waals surface area contributed by atoms with E-state index in [9.17, 15) is 18.0 Å². The molecule has 0 aliphatic carbocycles. The van der Waals surface area contributed by atoms with Crippen LogP contribution in [-0.2, 0) is 4.74 Å². The van der Waals surface area contributed by atoms with E-state index in [0.717, 1.165) is 4.90 Å². The molecule has 122 valence electrons.